The zero-order valence-corrected chi connectivity index (χ0v) is 14.5. The molecule has 0 bridgehead atoms. The smallest absolute Gasteiger partial charge is 0.339 e. The summed E-state index contributed by atoms with van der Waals surface area (Å²) >= 11 is 5.96. The Morgan fingerprint density at radius 3 is 2.68 bits per heavy atom. The fourth-order valence-electron chi connectivity index (χ4n) is 2.32. The summed E-state index contributed by atoms with van der Waals surface area (Å²) in [6.07, 6.45) is 0. The van der Waals surface area contributed by atoms with Gasteiger partial charge in [-0.15, -0.1) is 5.10 Å². The number of halogens is 1. The van der Waals surface area contributed by atoms with Gasteiger partial charge in [0.05, 0.1) is 17.7 Å². The molecule has 8 nitrogen and oxygen atoms in total. The molecule has 3 rings (SSSR count). The van der Waals surface area contributed by atoms with Crippen LogP contribution in [0.2, 0.25) is 5.02 Å². The number of aryl methyl sites for hydroxylation is 2. The monoisotopic (exact) mass is 359 g/mol. The second-order valence-corrected chi connectivity index (χ2v) is 5.73. The Hall–Kier alpha value is -3.00. The van der Waals surface area contributed by atoms with E-state index in [1.54, 1.807) is 6.07 Å². The molecule has 0 radical (unpaired) electrons. The first kappa shape index (κ1) is 16.8. The molecule has 0 aliphatic rings. The highest BCUT2D eigenvalue weighted by Gasteiger charge is 2.17. The Balaban J connectivity index is 1.90. The Labute approximate surface area is 147 Å². The molecule has 0 atom stereocenters. The molecule has 128 valence electrons. The maximum absolute atomic E-state index is 12.4. The van der Waals surface area contributed by atoms with E-state index in [0.717, 1.165) is 11.4 Å². The summed E-state index contributed by atoms with van der Waals surface area (Å²) in [5.41, 5.74) is 2.12. The van der Waals surface area contributed by atoms with Crippen molar-refractivity contribution in [3.8, 4) is 0 Å². The highest BCUT2D eigenvalue weighted by Crippen LogP contribution is 2.21. The third-order valence-corrected chi connectivity index (χ3v) is 3.78. The molecule has 1 N–H and O–H groups in total. The van der Waals surface area contributed by atoms with E-state index in [1.807, 2.05) is 19.9 Å². The van der Waals surface area contributed by atoms with Crippen molar-refractivity contribution < 1.29 is 14.3 Å². The lowest BCUT2D eigenvalue weighted by molar-refractivity contribution is 0.0600. The Morgan fingerprint density at radius 2 is 1.96 bits per heavy atom. The van der Waals surface area contributed by atoms with Crippen LogP contribution in [0.4, 0.5) is 5.69 Å². The number of rotatable bonds is 3. The molecule has 0 fully saturated rings. The first-order valence-corrected chi connectivity index (χ1v) is 7.67. The van der Waals surface area contributed by atoms with Crippen LogP contribution < -0.4 is 5.32 Å². The van der Waals surface area contributed by atoms with Crippen molar-refractivity contribution in [2.24, 2.45) is 0 Å². The number of esters is 1. The van der Waals surface area contributed by atoms with Crippen molar-refractivity contribution in [2.45, 2.75) is 13.8 Å². The maximum atomic E-state index is 12.4. The number of anilines is 1. The summed E-state index contributed by atoms with van der Waals surface area (Å²) in [7, 11) is 1.25. The predicted octanol–water partition coefficient (Wildman–Crippen LogP) is 2.43. The molecule has 25 heavy (non-hydrogen) atoms. The van der Waals surface area contributed by atoms with Gasteiger partial charge < -0.3 is 10.1 Å². The average molecular weight is 360 g/mol. The fourth-order valence-corrected chi connectivity index (χ4v) is 2.51. The first-order chi connectivity index (χ1) is 11.9. The quantitative estimate of drug-likeness (QED) is 0.721. The molecule has 3 aromatic rings. The van der Waals surface area contributed by atoms with E-state index in [9.17, 15) is 9.59 Å². The number of nitrogens with zero attached hydrogens (tertiary/aromatic N) is 4. The molecule has 1 amide bonds. The van der Waals surface area contributed by atoms with E-state index in [-0.39, 0.29) is 16.4 Å². The summed E-state index contributed by atoms with van der Waals surface area (Å²) < 4.78 is 6.14. The average Bonchev–Trinajstić information content (AvgIpc) is 3.00. The summed E-state index contributed by atoms with van der Waals surface area (Å²) in [6.45, 7) is 3.68. The van der Waals surface area contributed by atoms with E-state index in [1.165, 1.54) is 23.8 Å². The number of methoxy groups -OCH3 is 1. The van der Waals surface area contributed by atoms with Gasteiger partial charge >= 0.3 is 5.97 Å². The molecular formula is C16H14ClN5O3. The summed E-state index contributed by atoms with van der Waals surface area (Å²) in [4.78, 5) is 32.4. The topological polar surface area (TPSA) is 98.5 Å². The summed E-state index contributed by atoms with van der Waals surface area (Å²) in [5.74, 6) is -0.812. The standard InChI is InChI=1S/C16H14ClN5O3/c1-8-6-9(2)22-16(18-8)20-13(21-22)14(23)19-10-4-5-12(17)11(7-10)15(24)25-3/h4-7H,1-3H3,(H,19,23). The van der Waals surface area contributed by atoms with Crippen LogP contribution in [-0.4, -0.2) is 38.6 Å². The van der Waals surface area contributed by atoms with Crippen molar-refractivity contribution in [1.29, 1.82) is 0 Å². The molecule has 2 heterocycles. The number of carbonyl (C=O) groups is 2. The predicted molar refractivity (Wildman–Crippen MR) is 91.0 cm³/mol. The minimum absolute atomic E-state index is 0.0317. The van der Waals surface area contributed by atoms with Gasteiger partial charge in [-0.05, 0) is 38.1 Å². The lowest BCUT2D eigenvalue weighted by atomic mass is 10.2. The second kappa shape index (κ2) is 6.48. The number of nitrogens with one attached hydrogen (secondary N) is 1. The van der Waals surface area contributed by atoms with Crippen LogP contribution in [-0.2, 0) is 4.74 Å². The van der Waals surface area contributed by atoms with Gasteiger partial charge in [0, 0.05) is 17.1 Å². The molecular weight excluding hydrogens is 346 g/mol. The molecule has 0 aliphatic carbocycles. The molecule has 0 saturated carbocycles. The maximum Gasteiger partial charge on any atom is 0.339 e. The molecule has 0 aliphatic heterocycles. The fraction of sp³-hybridized carbons (Fsp3) is 0.188. The minimum atomic E-state index is -0.595. The lowest BCUT2D eigenvalue weighted by Crippen LogP contribution is -2.14. The zero-order chi connectivity index (χ0) is 18.1. The molecule has 0 saturated heterocycles. The third kappa shape index (κ3) is 3.29. The van der Waals surface area contributed by atoms with E-state index < -0.39 is 11.9 Å². The van der Waals surface area contributed by atoms with Gasteiger partial charge in [-0.2, -0.15) is 4.98 Å². The number of hydrogen-bond donors (Lipinski definition) is 1. The third-order valence-electron chi connectivity index (χ3n) is 3.45. The van der Waals surface area contributed by atoms with E-state index in [0.29, 0.717) is 11.5 Å². The Bertz CT molecular complexity index is 999. The van der Waals surface area contributed by atoms with Crippen LogP contribution in [0.3, 0.4) is 0 Å². The van der Waals surface area contributed by atoms with Crippen molar-refractivity contribution in [1.82, 2.24) is 19.6 Å². The number of fused-ring (bicyclic) bond motifs is 1. The van der Waals surface area contributed by atoms with Gasteiger partial charge in [-0.25, -0.2) is 14.3 Å². The summed E-state index contributed by atoms with van der Waals surface area (Å²) in [5, 5.41) is 7.01. The lowest BCUT2D eigenvalue weighted by Gasteiger charge is -2.06. The number of ether oxygens (including phenoxy) is 1. The highest BCUT2D eigenvalue weighted by atomic mass is 35.5. The minimum Gasteiger partial charge on any atom is -0.465 e. The van der Waals surface area contributed by atoms with E-state index >= 15 is 0 Å². The Morgan fingerprint density at radius 1 is 1.20 bits per heavy atom. The first-order valence-electron chi connectivity index (χ1n) is 7.29. The van der Waals surface area contributed by atoms with Crippen molar-refractivity contribution in [2.75, 3.05) is 12.4 Å². The van der Waals surface area contributed by atoms with E-state index in [4.69, 9.17) is 11.6 Å². The van der Waals surface area contributed by atoms with Gasteiger partial charge in [-0.3, -0.25) is 4.79 Å². The number of carbonyl (C=O) groups excluding carboxylic acids is 2. The molecule has 2 aromatic heterocycles. The van der Waals surface area contributed by atoms with Crippen molar-refractivity contribution in [3.63, 3.8) is 0 Å². The number of benzene rings is 1. The SMILES string of the molecule is COC(=O)c1cc(NC(=O)c2nc3nc(C)cc(C)n3n2)ccc1Cl. The van der Waals surface area contributed by atoms with Crippen LogP contribution in [0.15, 0.2) is 24.3 Å². The number of amides is 1. The van der Waals surface area contributed by atoms with Gasteiger partial charge in [0.2, 0.25) is 5.82 Å². The van der Waals surface area contributed by atoms with Crippen LogP contribution in [0.1, 0.15) is 32.4 Å². The van der Waals surface area contributed by atoms with Crippen molar-refractivity contribution in [3.05, 3.63) is 52.1 Å². The molecule has 1 aromatic carbocycles. The van der Waals surface area contributed by atoms with Crippen LogP contribution in [0, 0.1) is 13.8 Å². The zero-order valence-electron chi connectivity index (χ0n) is 13.7. The normalized spacial score (nSPS) is 10.7. The second-order valence-electron chi connectivity index (χ2n) is 5.33. The number of aromatic nitrogens is 4. The molecule has 9 heteroatoms. The van der Waals surface area contributed by atoms with Gasteiger partial charge in [-0.1, -0.05) is 11.6 Å². The van der Waals surface area contributed by atoms with Crippen molar-refractivity contribution >= 4 is 34.9 Å². The van der Waals surface area contributed by atoms with E-state index in [2.05, 4.69) is 25.1 Å². The van der Waals surface area contributed by atoms with Crippen LogP contribution in [0.25, 0.3) is 5.78 Å². The van der Waals surface area contributed by atoms with Crippen LogP contribution in [0.5, 0.6) is 0 Å². The highest BCUT2D eigenvalue weighted by molar-refractivity contribution is 6.33. The number of hydrogen-bond acceptors (Lipinski definition) is 6. The molecule has 0 unspecified atom stereocenters. The van der Waals surface area contributed by atoms with Crippen LogP contribution >= 0.6 is 11.6 Å². The summed E-state index contributed by atoms with van der Waals surface area (Å²) in [6, 6.07) is 6.33. The molecule has 0 spiro atoms. The largest absolute Gasteiger partial charge is 0.465 e. The Kier molecular flexibility index (Phi) is 4.37. The van der Waals surface area contributed by atoms with Gasteiger partial charge in [0.25, 0.3) is 11.7 Å². The van der Waals surface area contributed by atoms with Gasteiger partial charge in [0.1, 0.15) is 0 Å². The van der Waals surface area contributed by atoms with Gasteiger partial charge in [0.15, 0.2) is 0 Å².